The van der Waals surface area contributed by atoms with Gasteiger partial charge in [0.15, 0.2) is 5.79 Å². The number of carbonyl (C=O) groups is 1. The van der Waals surface area contributed by atoms with Gasteiger partial charge in [0.25, 0.3) is 0 Å². The van der Waals surface area contributed by atoms with Gasteiger partial charge in [0.1, 0.15) is 0 Å². The highest BCUT2D eigenvalue weighted by Crippen LogP contribution is 2.44. The first kappa shape index (κ1) is 17.3. The molecule has 0 bridgehead atoms. The van der Waals surface area contributed by atoms with Crippen molar-refractivity contribution >= 4 is 17.5 Å². The van der Waals surface area contributed by atoms with Crippen molar-refractivity contribution in [2.75, 3.05) is 26.3 Å². The summed E-state index contributed by atoms with van der Waals surface area (Å²) in [6, 6.07) is 7.87. The van der Waals surface area contributed by atoms with Crippen LogP contribution in [0.1, 0.15) is 50.5 Å². The minimum absolute atomic E-state index is 0.276. The number of ether oxygens (including phenoxy) is 2. The maximum atomic E-state index is 13.5. The van der Waals surface area contributed by atoms with Crippen LogP contribution in [0.4, 0.5) is 0 Å². The Kier molecular flexibility index (Phi) is 4.78. The lowest BCUT2D eigenvalue weighted by Crippen LogP contribution is -2.55. The molecule has 2 saturated heterocycles. The molecule has 0 N–H and O–H groups in total. The third kappa shape index (κ3) is 3.20. The molecule has 3 aliphatic rings. The third-order valence-corrected chi connectivity index (χ3v) is 6.35. The van der Waals surface area contributed by atoms with Gasteiger partial charge in [0.2, 0.25) is 5.91 Å². The van der Waals surface area contributed by atoms with Gasteiger partial charge in [-0.1, -0.05) is 36.6 Å². The van der Waals surface area contributed by atoms with Crippen LogP contribution in [0.25, 0.3) is 0 Å². The number of halogens is 1. The molecule has 0 radical (unpaired) electrons. The molecular formula is C20H26ClNO3. The Labute approximate surface area is 154 Å². The van der Waals surface area contributed by atoms with Gasteiger partial charge < -0.3 is 14.4 Å². The van der Waals surface area contributed by atoms with E-state index in [4.69, 9.17) is 21.1 Å². The van der Waals surface area contributed by atoms with Gasteiger partial charge in [-0.3, -0.25) is 4.79 Å². The van der Waals surface area contributed by atoms with E-state index in [1.807, 2.05) is 29.2 Å². The van der Waals surface area contributed by atoms with Gasteiger partial charge in [-0.15, -0.1) is 0 Å². The van der Waals surface area contributed by atoms with Crippen LogP contribution in [0.5, 0.6) is 0 Å². The van der Waals surface area contributed by atoms with E-state index in [0.29, 0.717) is 13.1 Å². The molecule has 1 amide bonds. The van der Waals surface area contributed by atoms with Gasteiger partial charge in [-0.2, -0.15) is 0 Å². The molecule has 0 aromatic heterocycles. The molecule has 1 aromatic carbocycles. The lowest BCUT2D eigenvalue weighted by molar-refractivity contribution is -0.283. The number of hydrogen-bond acceptors (Lipinski definition) is 3. The molecule has 1 saturated carbocycles. The summed E-state index contributed by atoms with van der Waals surface area (Å²) < 4.78 is 11.8. The van der Waals surface area contributed by atoms with Gasteiger partial charge in [-0.25, -0.2) is 0 Å². The first-order chi connectivity index (χ1) is 12.1. The zero-order valence-electron chi connectivity index (χ0n) is 14.6. The summed E-state index contributed by atoms with van der Waals surface area (Å²) in [5.74, 6) is -0.170. The number of carbonyl (C=O) groups excluding carboxylic acids is 1. The first-order valence-electron chi connectivity index (χ1n) is 9.47. The quantitative estimate of drug-likeness (QED) is 0.799. The van der Waals surface area contributed by atoms with E-state index in [1.54, 1.807) is 0 Å². The average molecular weight is 364 g/mol. The average Bonchev–Trinajstić information content (AvgIpc) is 3.14. The first-order valence-corrected chi connectivity index (χ1v) is 9.85. The predicted molar refractivity (Wildman–Crippen MR) is 96.7 cm³/mol. The molecule has 4 nitrogen and oxygen atoms in total. The molecule has 2 heterocycles. The fourth-order valence-corrected chi connectivity index (χ4v) is 4.76. The second-order valence-corrected chi connectivity index (χ2v) is 7.99. The summed E-state index contributed by atoms with van der Waals surface area (Å²) in [6.45, 7) is 2.97. The molecule has 4 rings (SSSR count). The Balaban J connectivity index is 1.51. The summed E-state index contributed by atoms with van der Waals surface area (Å²) >= 11 is 6.05. The number of hydrogen-bond donors (Lipinski definition) is 0. The zero-order valence-corrected chi connectivity index (χ0v) is 15.4. The Morgan fingerprint density at radius 3 is 2.12 bits per heavy atom. The summed E-state index contributed by atoms with van der Waals surface area (Å²) in [5, 5.41) is 0.718. The molecule has 1 aromatic rings. The van der Waals surface area contributed by atoms with Crippen molar-refractivity contribution in [2.45, 2.75) is 56.1 Å². The highest BCUT2D eigenvalue weighted by molar-refractivity contribution is 6.30. The van der Waals surface area contributed by atoms with Crippen LogP contribution >= 0.6 is 11.6 Å². The number of likely N-dealkylation sites (tertiary alicyclic amines) is 1. The lowest BCUT2D eigenvalue weighted by Gasteiger charge is -2.45. The molecule has 0 atom stereocenters. The Bertz CT molecular complexity index is 608. The van der Waals surface area contributed by atoms with Crippen molar-refractivity contribution in [1.82, 2.24) is 4.90 Å². The standard InChI is InChI=1S/C20H26ClNO3/c21-17-6-4-16(5-7-17)19(8-1-2-9-19)18(23)22-12-10-20(11-13-22)24-14-3-15-25-20/h4-7H,1-3,8-15H2. The van der Waals surface area contributed by atoms with Crippen molar-refractivity contribution in [1.29, 1.82) is 0 Å². The third-order valence-electron chi connectivity index (χ3n) is 6.09. The second kappa shape index (κ2) is 6.90. The normalized spacial score (nSPS) is 25.2. The molecule has 3 fully saturated rings. The number of nitrogens with zero attached hydrogens (tertiary/aromatic N) is 1. The minimum Gasteiger partial charge on any atom is -0.350 e. The van der Waals surface area contributed by atoms with Crippen LogP contribution < -0.4 is 0 Å². The van der Waals surface area contributed by atoms with Gasteiger partial charge >= 0.3 is 0 Å². The maximum absolute atomic E-state index is 13.5. The molecule has 1 spiro atoms. The highest BCUT2D eigenvalue weighted by atomic mass is 35.5. The number of rotatable bonds is 2. The van der Waals surface area contributed by atoms with Gasteiger partial charge in [0.05, 0.1) is 18.6 Å². The van der Waals surface area contributed by atoms with E-state index in [9.17, 15) is 4.79 Å². The summed E-state index contributed by atoms with van der Waals surface area (Å²) in [7, 11) is 0. The molecule has 0 unspecified atom stereocenters. The number of amides is 1. The second-order valence-electron chi connectivity index (χ2n) is 7.55. The van der Waals surface area contributed by atoms with Crippen molar-refractivity contribution in [3.63, 3.8) is 0 Å². The fourth-order valence-electron chi connectivity index (χ4n) is 4.63. The maximum Gasteiger partial charge on any atom is 0.233 e. The van der Waals surface area contributed by atoms with Crippen molar-refractivity contribution in [2.24, 2.45) is 0 Å². The molecule has 5 heteroatoms. The SMILES string of the molecule is O=C(N1CCC2(CC1)OCCCO2)C1(c2ccc(Cl)cc2)CCCC1. The molecular weight excluding hydrogens is 338 g/mol. The molecule has 25 heavy (non-hydrogen) atoms. The Morgan fingerprint density at radius 1 is 0.920 bits per heavy atom. The van der Waals surface area contributed by atoms with Crippen molar-refractivity contribution in [3.05, 3.63) is 34.9 Å². The van der Waals surface area contributed by atoms with Crippen LogP contribution in [0.3, 0.4) is 0 Å². The van der Waals surface area contributed by atoms with E-state index in [2.05, 4.69) is 0 Å². The summed E-state index contributed by atoms with van der Waals surface area (Å²) in [4.78, 5) is 15.5. The molecule has 1 aliphatic carbocycles. The summed E-state index contributed by atoms with van der Waals surface area (Å²) in [5.41, 5.74) is 0.744. The fraction of sp³-hybridized carbons (Fsp3) is 0.650. The van der Waals surface area contributed by atoms with Crippen molar-refractivity contribution < 1.29 is 14.3 Å². The van der Waals surface area contributed by atoms with E-state index in [0.717, 1.165) is 68.7 Å². The van der Waals surface area contributed by atoms with E-state index >= 15 is 0 Å². The molecule has 2 aliphatic heterocycles. The predicted octanol–water partition coefficient (Wildman–Crippen LogP) is 3.91. The van der Waals surface area contributed by atoms with E-state index < -0.39 is 5.79 Å². The van der Waals surface area contributed by atoms with E-state index in [1.165, 1.54) is 0 Å². The van der Waals surface area contributed by atoms with Crippen LogP contribution in [-0.4, -0.2) is 42.9 Å². The molecule has 136 valence electrons. The van der Waals surface area contributed by atoms with Crippen LogP contribution in [0.2, 0.25) is 5.02 Å². The van der Waals surface area contributed by atoms with Crippen LogP contribution in [0, 0.1) is 0 Å². The monoisotopic (exact) mass is 363 g/mol. The van der Waals surface area contributed by atoms with Crippen LogP contribution in [0.15, 0.2) is 24.3 Å². The highest BCUT2D eigenvalue weighted by Gasteiger charge is 2.47. The topological polar surface area (TPSA) is 38.8 Å². The number of piperidine rings is 1. The van der Waals surface area contributed by atoms with E-state index in [-0.39, 0.29) is 11.3 Å². The lowest BCUT2D eigenvalue weighted by atomic mass is 9.77. The largest absolute Gasteiger partial charge is 0.350 e. The smallest absolute Gasteiger partial charge is 0.233 e. The van der Waals surface area contributed by atoms with Gasteiger partial charge in [0, 0.05) is 31.0 Å². The Morgan fingerprint density at radius 2 is 1.52 bits per heavy atom. The number of benzene rings is 1. The summed E-state index contributed by atoms with van der Waals surface area (Å²) in [6.07, 6.45) is 6.59. The zero-order chi connectivity index (χ0) is 17.3. The Hall–Kier alpha value is -1.10. The van der Waals surface area contributed by atoms with Crippen LogP contribution in [-0.2, 0) is 19.7 Å². The van der Waals surface area contributed by atoms with Crippen molar-refractivity contribution in [3.8, 4) is 0 Å². The minimum atomic E-state index is -0.446. The van der Waals surface area contributed by atoms with Gasteiger partial charge in [-0.05, 0) is 37.0 Å².